The molecule has 1 saturated heterocycles. The molecule has 2 rings (SSSR count). The number of alkyl halides is 3. The minimum atomic E-state index is -4.44. The number of hydrogen-bond donors (Lipinski definition) is 0. The van der Waals surface area contributed by atoms with Gasteiger partial charge in [0.15, 0.2) is 5.78 Å². The Bertz CT molecular complexity index is 460. The third-order valence-corrected chi connectivity index (χ3v) is 3.15. The zero-order chi connectivity index (χ0) is 13.4. The first-order valence-electron chi connectivity index (χ1n) is 5.69. The molecule has 0 saturated carbocycles. The Labute approximate surface area is 103 Å². The van der Waals surface area contributed by atoms with E-state index in [9.17, 15) is 18.0 Å². The van der Waals surface area contributed by atoms with Crippen molar-refractivity contribution in [2.75, 3.05) is 6.61 Å². The molecule has 18 heavy (non-hydrogen) atoms. The molecule has 98 valence electrons. The van der Waals surface area contributed by atoms with Crippen LogP contribution in [0.2, 0.25) is 0 Å². The molecule has 5 heteroatoms. The summed E-state index contributed by atoms with van der Waals surface area (Å²) in [5, 5.41) is 0. The van der Waals surface area contributed by atoms with Crippen LogP contribution in [0, 0.1) is 0 Å². The van der Waals surface area contributed by atoms with Crippen molar-refractivity contribution in [1.82, 2.24) is 0 Å². The SMILES string of the molecule is CC1(C(=O)c2cccc(C(F)(F)F)c2)CCCO1. The Balaban J connectivity index is 2.31. The van der Waals surface area contributed by atoms with Crippen molar-refractivity contribution in [3.05, 3.63) is 35.4 Å². The van der Waals surface area contributed by atoms with Crippen molar-refractivity contribution in [2.45, 2.75) is 31.5 Å². The van der Waals surface area contributed by atoms with E-state index < -0.39 is 17.3 Å². The second-order valence-corrected chi connectivity index (χ2v) is 4.59. The summed E-state index contributed by atoms with van der Waals surface area (Å²) >= 11 is 0. The van der Waals surface area contributed by atoms with Crippen LogP contribution >= 0.6 is 0 Å². The first-order valence-corrected chi connectivity index (χ1v) is 5.69. The van der Waals surface area contributed by atoms with Crippen molar-refractivity contribution in [1.29, 1.82) is 0 Å². The first kappa shape index (κ1) is 13.1. The number of hydrogen-bond acceptors (Lipinski definition) is 2. The van der Waals surface area contributed by atoms with Crippen LogP contribution in [0.5, 0.6) is 0 Å². The molecule has 2 nitrogen and oxygen atoms in total. The Morgan fingerprint density at radius 1 is 1.39 bits per heavy atom. The van der Waals surface area contributed by atoms with Crippen LogP contribution < -0.4 is 0 Å². The summed E-state index contributed by atoms with van der Waals surface area (Å²) in [5.41, 5.74) is -1.74. The predicted octanol–water partition coefficient (Wildman–Crippen LogP) is 3.46. The summed E-state index contributed by atoms with van der Waals surface area (Å²) in [6, 6.07) is 4.47. The fourth-order valence-electron chi connectivity index (χ4n) is 2.10. The third-order valence-electron chi connectivity index (χ3n) is 3.15. The van der Waals surface area contributed by atoms with Gasteiger partial charge in [0.2, 0.25) is 0 Å². The van der Waals surface area contributed by atoms with Gasteiger partial charge in [-0.15, -0.1) is 0 Å². The summed E-state index contributed by atoms with van der Waals surface area (Å²) in [6.45, 7) is 2.10. The fraction of sp³-hybridized carbons (Fsp3) is 0.462. The molecule has 1 heterocycles. The second kappa shape index (κ2) is 4.39. The number of ether oxygens (including phenoxy) is 1. The first-order chi connectivity index (χ1) is 8.33. The van der Waals surface area contributed by atoms with Crippen molar-refractivity contribution in [3.63, 3.8) is 0 Å². The number of carbonyl (C=O) groups is 1. The van der Waals surface area contributed by atoms with Crippen molar-refractivity contribution >= 4 is 5.78 Å². The van der Waals surface area contributed by atoms with E-state index in [0.29, 0.717) is 13.0 Å². The van der Waals surface area contributed by atoms with Gasteiger partial charge in [0, 0.05) is 12.2 Å². The molecule has 1 atom stereocenters. The van der Waals surface area contributed by atoms with Crippen LogP contribution in [0.15, 0.2) is 24.3 Å². The summed E-state index contributed by atoms with van der Waals surface area (Å²) in [4.78, 5) is 12.2. The molecule has 1 aromatic carbocycles. The van der Waals surface area contributed by atoms with Gasteiger partial charge < -0.3 is 4.74 Å². The van der Waals surface area contributed by atoms with Gasteiger partial charge in [0.1, 0.15) is 5.60 Å². The maximum absolute atomic E-state index is 12.6. The topological polar surface area (TPSA) is 26.3 Å². The van der Waals surface area contributed by atoms with Crippen LogP contribution in [0.3, 0.4) is 0 Å². The number of halogens is 3. The number of Topliss-reactive ketones (excluding diaryl/α,β-unsaturated/α-hetero) is 1. The third kappa shape index (κ3) is 2.41. The summed E-state index contributed by atoms with van der Waals surface area (Å²) in [6.07, 6.45) is -3.14. The molecule has 0 aliphatic carbocycles. The Morgan fingerprint density at radius 3 is 2.67 bits per heavy atom. The normalized spacial score (nSPS) is 24.2. The highest BCUT2D eigenvalue weighted by Gasteiger charge is 2.39. The van der Waals surface area contributed by atoms with Gasteiger partial charge in [-0.1, -0.05) is 12.1 Å². The van der Waals surface area contributed by atoms with Crippen molar-refractivity contribution < 1.29 is 22.7 Å². The largest absolute Gasteiger partial charge is 0.416 e. The highest BCUT2D eigenvalue weighted by Crippen LogP contribution is 2.32. The quantitative estimate of drug-likeness (QED) is 0.759. The Morgan fingerprint density at radius 2 is 2.11 bits per heavy atom. The predicted molar refractivity (Wildman–Crippen MR) is 59.4 cm³/mol. The van der Waals surface area contributed by atoms with E-state index >= 15 is 0 Å². The molecular weight excluding hydrogens is 245 g/mol. The average molecular weight is 258 g/mol. The molecular formula is C13H13F3O2. The molecule has 0 N–H and O–H groups in total. The molecule has 1 fully saturated rings. The standard InChI is InChI=1S/C13H13F3O2/c1-12(6-3-7-18-12)11(17)9-4-2-5-10(8-9)13(14,15)16/h2,4-5,8H,3,6-7H2,1H3. The summed E-state index contributed by atoms with van der Waals surface area (Å²) in [5.74, 6) is -0.383. The molecule has 1 aliphatic rings. The number of carbonyl (C=O) groups excluding carboxylic acids is 1. The van der Waals surface area contributed by atoms with E-state index in [0.717, 1.165) is 18.6 Å². The van der Waals surface area contributed by atoms with E-state index in [1.807, 2.05) is 0 Å². The zero-order valence-electron chi connectivity index (χ0n) is 9.88. The maximum atomic E-state index is 12.6. The Kier molecular flexibility index (Phi) is 3.19. The van der Waals surface area contributed by atoms with Gasteiger partial charge in [-0.25, -0.2) is 0 Å². The van der Waals surface area contributed by atoms with Crippen molar-refractivity contribution in [3.8, 4) is 0 Å². The van der Waals surface area contributed by atoms with Crippen LogP contribution in [-0.2, 0) is 10.9 Å². The van der Waals surface area contributed by atoms with E-state index in [1.54, 1.807) is 6.92 Å². The lowest BCUT2D eigenvalue weighted by Gasteiger charge is -2.21. The minimum absolute atomic E-state index is 0.0502. The lowest BCUT2D eigenvalue weighted by atomic mass is 9.91. The number of benzene rings is 1. The van der Waals surface area contributed by atoms with Crippen LogP contribution in [-0.4, -0.2) is 18.0 Å². The van der Waals surface area contributed by atoms with Crippen LogP contribution in [0.25, 0.3) is 0 Å². The second-order valence-electron chi connectivity index (χ2n) is 4.59. The molecule has 1 aliphatic heterocycles. The Hall–Kier alpha value is -1.36. The lowest BCUT2D eigenvalue weighted by Crippen LogP contribution is -2.34. The van der Waals surface area contributed by atoms with Gasteiger partial charge in [-0.05, 0) is 31.9 Å². The maximum Gasteiger partial charge on any atom is 0.416 e. The van der Waals surface area contributed by atoms with E-state index in [-0.39, 0.29) is 11.3 Å². The van der Waals surface area contributed by atoms with Crippen molar-refractivity contribution in [2.24, 2.45) is 0 Å². The number of ketones is 1. The summed E-state index contributed by atoms with van der Waals surface area (Å²) < 4.78 is 43.0. The average Bonchev–Trinajstić information content (AvgIpc) is 2.75. The smallest absolute Gasteiger partial charge is 0.367 e. The molecule has 0 radical (unpaired) electrons. The van der Waals surface area contributed by atoms with E-state index in [4.69, 9.17) is 4.74 Å². The van der Waals surface area contributed by atoms with Gasteiger partial charge in [-0.2, -0.15) is 13.2 Å². The molecule has 1 unspecified atom stereocenters. The summed E-state index contributed by atoms with van der Waals surface area (Å²) in [7, 11) is 0. The monoisotopic (exact) mass is 258 g/mol. The lowest BCUT2D eigenvalue weighted by molar-refractivity contribution is -0.137. The highest BCUT2D eigenvalue weighted by atomic mass is 19.4. The molecule has 0 bridgehead atoms. The molecule has 1 aromatic rings. The van der Waals surface area contributed by atoms with Crippen LogP contribution in [0.4, 0.5) is 13.2 Å². The van der Waals surface area contributed by atoms with Gasteiger partial charge in [0.05, 0.1) is 5.56 Å². The molecule has 0 spiro atoms. The number of rotatable bonds is 2. The highest BCUT2D eigenvalue weighted by molar-refractivity contribution is 6.02. The van der Waals surface area contributed by atoms with Crippen LogP contribution in [0.1, 0.15) is 35.7 Å². The van der Waals surface area contributed by atoms with Gasteiger partial charge >= 0.3 is 6.18 Å². The van der Waals surface area contributed by atoms with Gasteiger partial charge in [-0.3, -0.25) is 4.79 Å². The molecule has 0 aromatic heterocycles. The fourth-order valence-corrected chi connectivity index (χ4v) is 2.10. The van der Waals surface area contributed by atoms with Gasteiger partial charge in [0.25, 0.3) is 0 Å². The minimum Gasteiger partial charge on any atom is -0.367 e. The zero-order valence-corrected chi connectivity index (χ0v) is 9.88. The van der Waals surface area contributed by atoms with E-state index in [1.165, 1.54) is 12.1 Å². The van der Waals surface area contributed by atoms with E-state index in [2.05, 4.69) is 0 Å². The molecule has 0 amide bonds.